The Hall–Kier alpha value is -1.69. The van der Waals surface area contributed by atoms with Crippen LogP contribution in [0.15, 0.2) is 12.3 Å². The molecule has 0 radical (unpaired) electrons. The van der Waals surface area contributed by atoms with E-state index in [9.17, 15) is 10.1 Å². The van der Waals surface area contributed by atoms with Crippen LogP contribution in [-0.2, 0) is 0 Å². The lowest BCUT2D eigenvalue weighted by atomic mass is 10.4. The van der Waals surface area contributed by atoms with Crippen molar-refractivity contribution in [3.8, 4) is 0 Å². The molecule has 0 fully saturated rings. The van der Waals surface area contributed by atoms with Gasteiger partial charge in [-0.25, -0.2) is 4.98 Å². The van der Waals surface area contributed by atoms with Crippen LogP contribution in [0.2, 0.25) is 5.28 Å². The molecule has 1 N–H and O–H groups in total. The van der Waals surface area contributed by atoms with Gasteiger partial charge in [-0.05, 0) is 11.6 Å². The van der Waals surface area contributed by atoms with Crippen molar-refractivity contribution in [2.75, 3.05) is 0 Å². The van der Waals surface area contributed by atoms with E-state index in [1.54, 1.807) is 0 Å². The number of hydrogen-bond donors (Lipinski definition) is 1. The number of pyridine rings is 1. The Labute approximate surface area is 76.7 Å². The highest BCUT2D eigenvalue weighted by molar-refractivity contribution is 6.29. The van der Waals surface area contributed by atoms with Crippen LogP contribution in [0.5, 0.6) is 0 Å². The molecule has 2 aromatic rings. The summed E-state index contributed by atoms with van der Waals surface area (Å²) in [5.41, 5.74) is 0.739. The van der Waals surface area contributed by atoms with E-state index >= 15 is 0 Å². The normalized spacial score (nSPS) is 10.5. The van der Waals surface area contributed by atoms with E-state index < -0.39 is 4.92 Å². The molecule has 2 heterocycles. The molecule has 2 rings (SSSR count). The van der Waals surface area contributed by atoms with Gasteiger partial charge in [0.05, 0.1) is 10.4 Å². The smallest absolute Gasteiger partial charge is 0.289 e. The van der Waals surface area contributed by atoms with E-state index in [1.165, 1.54) is 6.07 Å². The van der Waals surface area contributed by atoms with Gasteiger partial charge in [-0.1, -0.05) is 0 Å². The molecule has 2 aromatic heterocycles. The molecule has 0 aliphatic heterocycles. The Morgan fingerprint density at radius 2 is 2.38 bits per heavy atom. The summed E-state index contributed by atoms with van der Waals surface area (Å²) < 4.78 is 0. The molecule has 0 aliphatic carbocycles. The molecule has 0 amide bonds. The Morgan fingerprint density at radius 1 is 1.62 bits per heavy atom. The highest BCUT2D eigenvalue weighted by Crippen LogP contribution is 2.17. The van der Waals surface area contributed by atoms with Crippen LogP contribution in [0.25, 0.3) is 11.2 Å². The topological polar surface area (TPSA) is 84.7 Å². The van der Waals surface area contributed by atoms with Gasteiger partial charge in [0, 0.05) is 6.07 Å². The Balaban J connectivity index is 2.67. The van der Waals surface area contributed by atoms with Gasteiger partial charge in [-0.3, -0.25) is 10.1 Å². The molecule has 0 atom stereocenters. The largest absolute Gasteiger partial charge is 0.327 e. The van der Waals surface area contributed by atoms with E-state index in [0.717, 1.165) is 6.20 Å². The lowest BCUT2D eigenvalue weighted by molar-refractivity contribution is -0.385. The maximum atomic E-state index is 10.3. The second-order valence-electron chi connectivity index (χ2n) is 2.35. The lowest BCUT2D eigenvalue weighted by Gasteiger charge is -1.88. The molecule has 0 aliphatic rings. The zero-order valence-electron chi connectivity index (χ0n) is 6.19. The summed E-state index contributed by atoms with van der Waals surface area (Å²) in [6.07, 6.45) is 1.14. The summed E-state index contributed by atoms with van der Waals surface area (Å²) in [6.45, 7) is 0. The number of nitro groups is 1. The average Bonchev–Trinajstić information content (AvgIpc) is 2.42. The average molecular weight is 199 g/mol. The maximum absolute atomic E-state index is 10.3. The molecular weight excluding hydrogens is 196 g/mol. The van der Waals surface area contributed by atoms with E-state index in [2.05, 4.69) is 15.0 Å². The monoisotopic (exact) mass is 198 g/mol. The Bertz CT molecular complexity index is 480. The van der Waals surface area contributed by atoms with Gasteiger partial charge in [-0.2, -0.15) is 4.98 Å². The number of nitrogens with one attached hydrogen (secondary N) is 1. The summed E-state index contributed by atoms with van der Waals surface area (Å²) in [5.74, 6) is 0. The number of rotatable bonds is 1. The molecular formula is C6H3ClN4O2. The van der Waals surface area contributed by atoms with Gasteiger partial charge in [0.15, 0.2) is 5.65 Å². The summed E-state index contributed by atoms with van der Waals surface area (Å²) in [5, 5.41) is 10.5. The first-order chi connectivity index (χ1) is 6.16. The molecule has 0 saturated heterocycles. The minimum absolute atomic E-state index is 0.0900. The number of aromatic amines is 1. The molecule has 0 aromatic carbocycles. The third-order valence-electron chi connectivity index (χ3n) is 1.50. The van der Waals surface area contributed by atoms with E-state index in [-0.39, 0.29) is 11.0 Å². The van der Waals surface area contributed by atoms with Gasteiger partial charge in [0.2, 0.25) is 5.28 Å². The quantitative estimate of drug-likeness (QED) is 0.556. The van der Waals surface area contributed by atoms with Crippen LogP contribution in [0.1, 0.15) is 0 Å². The van der Waals surface area contributed by atoms with E-state index in [0.29, 0.717) is 11.2 Å². The van der Waals surface area contributed by atoms with Gasteiger partial charge in [-0.15, -0.1) is 0 Å². The second kappa shape index (κ2) is 2.67. The zero-order valence-corrected chi connectivity index (χ0v) is 6.95. The number of H-pyrrole nitrogens is 1. The van der Waals surface area contributed by atoms with Crippen molar-refractivity contribution >= 4 is 28.5 Å². The fourth-order valence-corrected chi connectivity index (χ4v) is 1.14. The van der Waals surface area contributed by atoms with Crippen molar-refractivity contribution in [2.24, 2.45) is 0 Å². The first-order valence-corrected chi connectivity index (χ1v) is 3.70. The number of imidazole rings is 1. The molecule has 13 heavy (non-hydrogen) atoms. The SMILES string of the molecule is O=[N+]([O-])c1cnc2nc(Cl)[nH]c2c1. The van der Waals surface area contributed by atoms with E-state index in [1.807, 2.05) is 0 Å². The summed E-state index contributed by atoms with van der Waals surface area (Å²) in [6, 6.07) is 1.33. The lowest BCUT2D eigenvalue weighted by Crippen LogP contribution is -1.88. The van der Waals surface area contributed by atoms with Crippen LogP contribution in [0, 0.1) is 10.1 Å². The van der Waals surface area contributed by atoms with Crippen molar-refractivity contribution in [1.82, 2.24) is 15.0 Å². The van der Waals surface area contributed by atoms with Crippen LogP contribution in [0.4, 0.5) is 5.69 Å². The van der Waals surface area contributed by atoms with Gasteiger partial charge >= 0.3 is 0 Å². The molecule has 0 bridgehead atoms. The maximum Gasteiger partial charge on any atom is 0.289 e. The highest BCUT2D eigenvalue weighted by Gasteiger charge is 2.09. The fourth-order valence-electron chi connectivity index (χ4n) is 0.959. The zero-order chi connectivity index (χ0) is 9.42. The minimum Gasteiger partial charge on any atom is -0.327 e. The van der Waals surface area contributed by atoms with Crippen molar-refractivity contribution in [3.05, 3.63) is 27.7 Å². The van der Waals surface area contributed by atoms with Crippen LogP contribution in [0.3, 0.4) is 0 Å². The molecule has 6 nitrogen and oxygen atoms in total. The van der Waals surface area contributed by atoms with Crippen molar-refractivity contribution in [2.45, 2.75) is 0 Å². The molecule has 7 heteroatoms. The van der Waals surface area contributed by atoms with Gasteiger partial charge in [0.1, 0.15) is 6.20 Å². The fraction of sp³-hybridized carbons (Fsp3) is 0. The van der Waals surface area contributed by atoms with Crippen molar-refractivity contribution in [3.63, 3.8) is 0 Å². The summed E-state index contributed by atoms with van der Waals surface area (Å²) >= 11 is 5.54. The van der Waals surface area contributed by atoms with Crippen molar-refractivity contribution in [1.29, 1.82) is 0 Å². The van der Waals surface area contributed by atoms with Gasteiger partial charge in [0.25, 0.3) is 5.69 Å². The minimum atomic E-state index is -0.527. The number of fused-ring (bicyclic) bond motifs is 1. The number of halogens is 1. The van der Waals surface area contributed by atoms with Crippen molar-refractivity contribution < 1.29 is 4.92 Å². The molecule has 0 unspecified atom stereocenters. The van der Waals surface area contributed by atoms with Gasteiger partial charge < -0.3 is 4.98 Å². The van der Waals surface area contributed by atoms with Crippen LogP contribution < -0.4 is 0 Å². The summed E-state index contributed by atoms with van der Waals surface area (Å²) in [7, 11) is 0. The first-order valence-electron chi connectivity index (χ1n) is 3.32. The molecule has 0 saturated carbocycles. The third kappa shape index (κ3) is 1.31. The number of nitrogens with zero attached hydrogens (tertiary/aromatic N) is 3. The van der Waals surface area contributed by atoms with Crippen LogP contribution in [-0.4, -0.2) is 19.9 Å². The predicted molar refractivity (Wildman–Crippen MR) is 45.6 cm³/mol. The third-order valence-corrected chi connectivity index (χ3v) is 1.68. The summed E-state index contributed by atoms with van der Waals surface area (Å²) in [4.78, 5) is 20.0. The molecule has 0 spiro atoms. The van der Waals surface area contributed by atoms with E-state index in [4.69, 9.17) is 11.6 Å². The second-order valence-corrected chi connectivity index (χ2v) is 2.71. The predicted octanol–water partition coefficient (Wildman–Crippen LogP) is 1.52. The first kappa shape index (κ1) is 7.93. The highest BCUT2D eigenvalue weighted by atomic mass is 35.5. The standard InChI is InChI=1S/C6H3ClN4O2/c7-6-9-4-1-3(11(12)13)2-8-5(4)10-6/h1-2H,(H,8,9,10). The number of aromatic nitrogens is 3. The molecule has 66 valence electrons. The number of hydrogen-bond acceptors (Lipinski definition) is 4. The Morgan fingerprint density at radius 3 is 3.08 bits per heavy atom. The van der Waals surface area contributed by atoms with Crippen LogP contribution >= 0.6 is 11.6 Å². The Kier molecular flexibility index (Phi) is 1.63.